The van der Waals surface area contributed by atoms with Gasteiger partial charge < -0.3 is 9.94 Å². The largest absolute Gasteiger partial charge is 0.484 e. The van der Waals surface area contributed by atoms with E-state index in [0.717, 1.165) is 6.07 Å². The summed E-state index contributed by atoms with van der Waals surface area (Å²) in [7, 11) is 0. The molecule has 0 bridgehead atoms. The third-order valence-corrected chi connectivity index (χ3v) is 1.90. The second-order valence-corrected chi connectivity index (χ2v) is 3.15. The Balaban J connectivity index is 3.16. The molecule has 0 aromatic heterocycles. The van der Waals surface area contributed by atoms with Gasteiger partial charge in [-0.05, 0) is 13.0 Å². The van der Waals surface area contributed by atoms with Crippen LogP contribution in [-0.4, -0.2) is 24.0 Å². The van der Waals surface area contributed by atoms with Crippen LogP contribution in [0.15, 0.2) is 17.3 Å². The lowest BCUT2D eigenvalue weighted by atomic mass is 10.1. The summed E-state index contributed by atoms with van der Waals surface area (Å²) in [5, 5.41) is 11.3. The van der Waals surface area contributed by atoms with Crippen LogP contribution in [0.1, 0.15) is 12.5 Å². The summed E-state index contributed by atoms with van der Waals surface area (Å²) >= 11 is 0. The van der Waals surface area contributed by atoms with E-state index in [0.29, 0.717) is 6.07 Å². The molecule has 94 valence electrons. The Kier molecular flexibility index (Phi) is 4.30. The molecule has 0 amide bonds. The molecule has 0 unspecified atom stereocenters. The lowest BCUT2D eigenvalue weighted by Gasteiger charge is -2.11. The van der Waals surface area contributed by atoms with E-state index in [1.165, 1.54) is 6.92 Å². The number of alkyl halides is 2. The molecule has 7 heteroatoms. The molecule has 0 aliphatic rings. The van der Waals surface area contributed by atoms with Crippen LogP contribution in [0.4, 0.5) is 17.6 Å². The van der Waals surface area contributed by atoms with Crippen molar-refractivity contribution in [3.05, 3.63) is 29.3 Å². The summed E-state index contributed by atoms with van der Waals surface area (Å²) in [4.78, 5) is 0. The van der Waals surface area contributed by atoms with Gasteiger partial charge in [0.25, 0.3) is 6.43 Å². The van der Waals surface area contributed by atoms with Crippen LogP contribution >= 0.6 is 0 Å². The van der Waals surface area contributed by atoms with E-state index in [2.05, 4.69) is 9.89 Å². The molecule has 0 aliphatic heterocycles. The van der Waals surface area contributed by atoms with Crippen LogP contribution in [0.3, 0.4) is 0 Å². The molecule has 0 heterocycles. The van der Waals surface area contributed by atoms with E-state index in [4.69, 9.17) is 5.21 Å². The first kappa shape index (κ1) is 13.3. The quantitative estimate of drug-likeness (QED) is 0.387. The summed E-state index contributed by atoms with van der Waals surface area (Å²) in [6.07, 6.45) is -2.79. The smallest absolute Gasteiger partial charge is 0.272 e. The van der Waals surface area contributed by atoms with Gasteiger partial charge in [0.2, 0.25) is 0 Å². The van der Waals surface area contributed by atoms with Crippen LogP contribution in [0.5, 0.6) is 5.75 Å². The van der Waals surface area contributed by atoms with Crippen LogP contribution in [-0.2, 0) is 0 Å². The van der Waals surface area contributed by atoms with Gasteiger partial charge in [-0.25, -0.2) is 17.6 Å². The van der Waals surface area contributed by atoms with Gasteiger partial charge >= 0.3 is 0 Å². The van der Waals surface area contributed by atoms with Crippen molar-refractivity contribution in [1.82, 2.24) is 0 Å². The van der Waals surface area contributed by atoms with Crippen molar-refractivity contribution in [1.29, 1.82) is 0 Å². The van der Waals surface area contributed by atoms with Crippen molar-refractivity contribution in [2.45, 2.75) is 13.3 Å². The van der Waals surface area contributed by atoms with E-state index in [1.807, 2.05) is 0 Å². The molecular weight excluding hydrogens is 242 g/mol. The minimum atomic E-state index is -2.79. The Bertz CT molecular complexity index is 435. The summed E-state index contributed by atoms with van der Waals surface area (Å²) < 4.78 is 54.6. The highest BCUT2D eigenvalue weighted by atomic mass is 19.3. The maximum atomic E-state index is 13.3. The summed E-state index contributed by atoms with van der Waals surface area (Å²) in [6, 6.07) is 1.33. The molecule has 1 aromatic carbocycles. The number of hydrogen-bond acceptors (Lipinski definition) is 3. The van der Waals surface area contributed by atoms with Gasteiger partial charge in [0, 0.05) is 11.6 Å². The predicted octanol–water partition coefficient (Wildman–Crippen LogP) is 2.81. The fourth-order valence-electron chi connectivity index (χ4n) is 1.18. The van der Waals surface area contributed by atoms with Crippen LogP contribution in [0.25, 0.3) is 0 Å². The minimum absolute atomic E-state index is 0.146. The Morgan fingerprint density at radius 2 is 2.06 bits per heavy atom. The first-order valence-electron chi connectivity index (χ1n) is 4.54. The van der Waals surface area contributed by atoms with E-state index >= 15 is 0 Å². The SMILES string of the molecule is C/C(=N/O)c1cc(F)cc(F)c1OCC(F)F. The van der Waals surface area contributed by atoms with Gasteiger partial charge in [0.15, 0.2) is 11.6 Å². The van der Waals surface area contributed by atoms with E-state index < -0.39 is 30.4 Å². The number of hydrogen-bond donors (Lipinski definition) is 1. The Morgan fingerprint density at radius 3 is 2.59 bits per heavy atom. The average Bonchev–Trinajstić information content (AvgIpc) is 2.25. The monoisotopic (exact) mass is 251 g/mol. The van der Waals surface area contributed by atoms with E-state index in [-0.39, 0.29) is 11.3 Å². The Morgan fingerprint density at radius 1 is 1.41 bits per heavy atom. The normalized spacial score (nSPS) is 12.0. The van der Waals surface area contributed by atoms with Crippen molar-refractivity contribution < 1.29 is 27.5 Å². The van der Waals surface area contributed by atoms with E-state index in [1.54, 1.807) is 0 Å². The highest BCUT2D eigenvalue weighted by molar-refractivity contribution is 6.00. The zero-order valence-corrected chi connectivity index (χ0v) is 8.75. The third-order valence-electron chi connectivity index (χ3n) is 1.90. The lowest BCUT2D eigenvalue weighted by molar-refractivity contribution is 0.0797. The van der Waals surface area contributed by atoms with Crippen LogP contribution in [0.2, 0.25) is 0 Å². The number of benzene rings is 1. The van der Waals surface area contributed by atoms with Crippen molar-refractivity contribution in [2.24, 2.45) is 5.16 Å². The highest BCUT2D eigenvalue weighted by Gasteiger charge is 2.17. The number of halogens is 4. The Hall–Kier alpha value is -1.79. The van der Waals surface area contributed by atoms with Crippen molar-refractivity contribution in [3.63, 3.8) is 0 Å². The van der Waals surface area contributed by atoms with Gasteiger partial charge in [0.1, 0.15) is 12.4 Å². The predicted molar refractivity (Wildman–Crippen MR) is 51.9 cm³/mol. The molecule has 1 rings (SSSR count). The number of rotatable bonds is 4. The summed E-state index contributed by atoms with van der Waals surface area (Å²) in [6.45, 7) is 0.220. The molecular formula is C10H9F4NO2. The van der Waals surface area contributed by atoms with Gasteiger partial charge in [-0.2, -0.15) is 0 Å². The average molecular weight is 251 g/mol. The number of ether oxygens (including phenoxy) is 1. The minimum Gasteiger partial charge on any atom is -0.484 e. The molecule has 0 fully saturated rings. The summed E-state index contributed by atoms with van der Waals surface area (Å²) in [5.41, 5.74) is -0.363. The number of nitrogens with zero attached hydrogens (tertiary/aromatic N) is 1. The summed E-state index contributed by atoms with van der Waals surface area (Å²) in [5.74, 6) is -2.63. The van der Waals surface area contributed by atoms with Gasteiger partial charge in [-0.3, -0.25) is 0 Å². The first-order chi connectivity index (χ1) is 7.95. The first-order valence-corrected chi connectivity index (χ1v) is 4.54. The van der Waals surface area contributed by atoms with E-state index in [9.17, 15) is 17.6 Å². The molecule has 0 saturated heterocycles. The van der Waals surface area contributed by atoms with Gasteiger partial charge in [-0.1, -0.05) is 5.16 Å². The second kappa shape index (κ2) is 5.51. The molecule has 0 saturated carbocycles. The maximum absolute atomic E-state index is 13.3. The maximum Gasteiger partial charge on any atom is 0.272 e. The van der Waals surface area contributed by atoms with Crippen LogP contribution in [0, 0.1) is 11.6 Å². The third kappa shape index (κ3) is 3.33. The number of oxime groups is 1. The molecule has 1 aromatic rings. The Labute approximate surface area is 94.3 Å². The lowest BCUT2D eigenvalue weighted by Crippen LogP contribution is -2.11. The van der Waals surface area contributed by atoms with Crippen molar-refractivity contribution >= 4 is 5.71 Å². The van der Waals surface area contributed by atoms with Crippen molar-refractivity contribution in [2.75, 3.05) is 6.61 Å². The van der Waals surface area contributed by atoms with Crippen molar-refractivity contribution in [3.8, 4) is 5.75 Å². The fraction of sp³-hybridized carbons (Fsp3) is 0.300. The molecule has 3 nitrogen and oxygen atoms in total. The molecule has 0 atom stereocenters. The zero-order valence-electron chi connectivity index (χ0n) is 8.75. The highest BCUT2D eigenvalue weighted by Crippen LogP contribution is 2.25. The molecule has 0 aliphatic carbocycles. The molecule has 0 radical (unpaired) electrons. The molecule has 17 heavy (non-hydrogen) atoms. The standard InChI is InChI=1S/C10H9F4NO2/c1-5(15-16)7-2-6(11)3-8(12)10(7)17-4-9(13)14/h2-3,9,16H,4H2,1H3/b15-5-. The van der Waals surface area contributed by atoms with Gasteiger partial charge in [-0.15, -0.1) is 0 Å². The molecule has 1 N–H and O–H groups in total. The zero-order chi connectivity index (χ0) is 13.0. The van der Waals surface area contributed by atoms with Gasteiger partial charge in [0.05, 0.1) is 5.71 Å². The van der Waals surface area contributed by atoms with Crippen LogP contribution < -0.4 is 4.74 Å². The molecule has 0 spiro atoms. The topological polar surface area (TPSA) is 41.8 Å². The second-order valence-electron chi connectivity index (χ2n) is 3.15. The fourth-order valence-corrected chi connectivity index (χ4v) is 1.18.